The Labute approximate surface area is 136 Å². The maximum atomic E-state index is 4.80. The van der Waals surface area contributed by atoms with Crippen molar-refractivity contribution in [2.24, 2.45) is 5.92 Å². The van der Waals surface area contributed by atoms with E-state index < -0.39 is 0 Å². The minimum absolute atomic E-state index is 0.691. The predicted molar refractivity (Wildman–Crippen MR) is 94.0 cm³/mol. The first-order valence-corrected chi connectivity index (χ1v) is 9.35. The first-order valence-electron chi connectivity index (χ1n) is 7.55. The number of rotatable bonds is 8. The van der Waals surface area contributed by atoms with Gasteiger partial charge < -0.3 is 5.32 Å². The molecule has 0 aliphatic carbocycles. The molecule has 0 saturated heterocycles. The van der Waals surface area contributed by atoms with E-state index in [1.807, 2.05) is 23.1 Å². The summed E-state index contributed by atoms with van der Waals surface area (Å²) in [5.74, 6) is 1.65. The molecule has 114 valence electrons. The molecule has 1 N–H and O–H groups in total. The molecule has 4 heteroatoms. The summed E-state index contributed by atoms with van der Waals surface area (Å²) in [6.45, 7) is 8.68. The van der Waals surface area contributed by atoms with Crippen LogP contribution in [0.1, 0.15) is 36.3 Å². The maximum Gasteiger partial charge on any atom is 0.103 e. The third-order valence-electron chi connectivity index (χ3n) is 3.10. The summed E-state index contributed by atoms with van der Waals surface area (Å²) in [6, 6.07) is 10.5. The molecule has 0 aliphatic rings. The highest BCUT2D eigenvalue weighted by atomic mass is 32.2. The van der Waals surface area contributed by atoms with Crippen molar-refractivity contribution in [2.45, 2.75) is 44.4 Å². The summed E-state index contributed by atoms with van der Waals surface area (Å²) in [6.07, 6.45) is 1.02. The van der Waals surface area contributed by atoms with Gasteiger partial charge in [-0.05, 0) is 31.0 Å². The largest absolute Gasteiger partial charge is 0.312 e. The molecule has 2 aromatic rings. The second kappa shape index (κ2) is 8.57. The number of thiazole rings is 1. The summed E-state index contributed by atoms with van der Waals surface area (Å²) in [7, 11) is 0. The molecule has 2 rings (SSSR count). The molecular weight excluding hydrogens is 296 g/mol. The van der Waals surface area contributed by atoms with Gasteiger partial charge in [0.15, 0.2) is 0 Å². The van der Waals surface area contributed by atoms with E-state index in [4.69, 9.17) is 4.98 Å². The lowest BCUT2D eigenvalue weighted by Gasteiger charge is -2.06. The number of nitrogens with one attached hydrogen (secondary N) is 1. The van der Waals surface area contributed by atoms with E-state index in [1.165, 1.54) is 20.5 Å². The van der Waals surface area contributed by atoms with Gasteiger partial charge >= 0.3 is 0 Å². The van der Waals surface area contributed by atoms with Gasteiger partial charge in [-0.25, -0.2) is 4.98 Å². The Hall–Kier alpha value is -0.840. The van der Waals surface area contributed by atoms with Crippen molar-refractivity contribution in [1.82, 2.24) is 10.3 Å². The van der Waals surface area contributed by atoms with E-state index in [0.29, 0.717) is 5.92 Å². The average molecular weight is 321 g/mol. The predicted octanol–water partition coefficient (Wildman–Crippen LogP) is 4.74. The van der Waals surface area contributed by atoms with Crippen LogP contribution in [0.3, 0.4) is 0 Å². The van der Waals surface area contributed by atoms with E-state index in [-0.39, 0.29) is 0 Å². The van der Waals surface area contributed by atoms with Gasteiger partial charge in [0.05, 0.1) is 11.4 Å². The Morgan fingerprint density at radius 1 is 1.24 bits per heavy atom. The molecule has 1 heterocycles. The second-order valence-electron chi connectivity index (χ2n) is 5.46. The highest BCUT2D eigenvalue weighted by molar-refractivity contribution is 7.98. The Morgan fingerprint density at radius 2 is 2.00 bits per heavy atom. The van der Waals surface area contributed by atoms with Crippen LogP contribution in [0.25, 0.3) is 0 Å². The monoisotopic (exact) mass is 320 g/mol. The Bertz CT molecular complexity index is 535. The molecule has 0 unspecified atom stereocenters. The smallest absolute Gasteiger partial charge is 0.103 e. The van der Waals surface area contributed by atoms with Crippen LogP contribution in [0.2, 0.25) is 0 Å². The normalized spacial score (nSPS) is 11.2. The van der Waals surface area contributed by atoms with E-state index in [0.717, 1.165) is 25.3 Å². The van der Waals surface area contributed by atoms with Crippen molar-refractivity contribution >= 4 is 23.1 Å². The average Bonchev–Trinajstić information content (AvgIpc) is 2.88. The van der Waals surface area contributed by atoms with Crippen molar-refractivity contribution in [2.75, 3.05) is 6.54 Å². The fraction of sp³-hybridized carbons (Fsp3) is 0.471. The molecule has 0 bridgehead atoms. The van der Waals surface area contributed by atoms with Gasteiger partial charge in [0.25, 0.3) is 0 Å². The van der Waals surface area contributed by atoms with Gasteiger partial charge in [0, 0.05) is 16.3 Å². The van der Waals surface area contributed by atoms with Crippen molar-refractivity contribution in [3.8, 4) is 0 Å². The van der Waals surface area contributed by atoms with Crippen molar-refractivity contribution < 1.29 is 0 Å². The van der Waals surface area contributed by atoms with E-state index in [2.05, 4.69) is 56.4 Å². The number of nitrogens with zero attached hydrogens (tertiary/aromatic N) is 1. The van der Waals surface area contributed by atoms with Crippen LogP contribution >= 0.6 is 23.1 Å². The summed E-state index contributed by atoms with van der Waals surface area (Å²) in [5, 5.41) is 4.76. The molecule has 1 aromatic carbocycles. The van der Waals surface area contributed by atoms with Crippen LogP contribution in [-0.4, -0.2) is 11.5 Å². The fourth-order valence-electron chi connectivity index (χ4n) is 2.05. The third kappa shape index (κ3) is 5.46. The first-order chi connectivity index (χ1) is 10.2. The minimum Gasteiger partial charge on any atom is -0.312 e. The van der Waals surface area contributed by atoms with Crippen LogP contribution in [-0.2, 0) is 18.7 Å². The lowest BCUT2D eigenvalue weighted by molar-refractivity contribution is 0.553. The topological polar surface area (TPSA) is 24.9 Å². The van der Waals surface area contributed by atoms with Gasteiger partial charge in [-0.15, -0.1) is 23.1 Å². The molecule has 0 atom stereocenters. The van der Waals surface area contributed by atoms with Crippen molar-refractivity contribution in [3.05, 3.63) is 45.9 Å². The Kier molecular flexibility index (Phi) is 6.74. The van der Waals surface area contributed by atoms with Gasteiger partial charge in [-0.1, -0.05) is 39.0 Å². The maximum absolute atomic E-state index is 4.80. The molecular formula is C17H24N2S2. The number of benzene rings is 1. The number of aryl methyl sites for hydroxylation is 1. The van der Waals surface area contributed by atoms with Crippen LogP contribution in [0.15, 0.2) is 35.2 Å². The van der Waals surface area contributed by atoms with Crippen molar-refractivity contribution in [3.63, 3.8) is 0 Å². The molecule has 0 amide bonds. The Morgan fingerprint density at radius 3 is 2.67 bits per heavy atom. The minimum atomic E-state index is 0.691. The summed E-state index contributed by atoms with van der Waals surface area (Å²) < 4.78 is 0. The van der Waals surface area contributed by atoms with Gasteiger partial charge in [0.1, 0.15) is 5.01 Å². The highest BCUT2D eigenvalue weighted by Gasteiger charge is 2.10. The van der Waals surface area contributed by atoms with Crippen LogP contribution < -0.4 is 5.32 Å². The molecule has 0 fully saturated rings. The van der Waals surface area contributed by atoms with Crippen LogP contribution in [0.5, 0.6) is 0 Å². The molecule has 0 spiro atoms. The zero-order chi connectivity index (χ0) is 15.1. The van der Waals surface area contributed by atoms with Crippen LogP contribution in [0, 0.1) is 5.92 Å². The molecule has 0 aliphatic heterocycles. The molecule has 2 nitrogen and oxygen atoms in total. The Balaban J connectivity index is 1.93. The van der Waals surface area contributed by atoms with Crippen LogP contribution in [0.4, 0.5) is 0 Å². The number of hydrogen-bond acceptors (Lipinski definition) is 4. The summed E-state index contributed by atoms with van der Waals surface area (Å²) in [4.78, 5) is 7.51. The van der Waals surface area contributed by atoms with E-state index in [9.17, 15) is 0 Å². The van der Waals surface area contributed by atoms with E-state index in [1.54, 1.807) is 0 Å². The lowest BCUT2D eigenvalue weighted by Crippen LogP contribution is -2.18. The number of aromatic nitrogens is 1. The standard InChI is InChI=1S/C17H24N2S2/c1-4-15-16(11-18-10-13(2)3)21-17(19-15)12-20-14-8-6-5-7-9-14/h5-9,13,18H,4,10-12H2,1-3H3. The van der Waals surface area contributed by atoms with Gasteiger partial charge in [-0.2, -0.15) is 0 Å². The fourth-order valence-corrected chi connectivity index (χ4v) is 4.09. The van der Waals surface area contributed by atoms with Crippen molar-refractivity contribution in [1.29, 1.82) is 0 Å². The molecule has 0 radical (unpaired) electrons. The number of hydrogen-bond donors (Lipinski definition) is 1. The summed E-state index contributed by atoms with van der Waals surface area (Å²) in [5.41, 5.74) is 1.26. The number of thioether (sulfide) groups is 1. The third-order valence-corrected chi connectivity index (χ3v) is 5.40. The van der Waals surface area contributed by atoms with Gasteiger partial charge in [-0.3, -0.25) is 0 Å². The molecule has 21 heavy (non-hydrogen) atoms. The zero-order valence-corrected chi connectivity index (χ0v) is 14.7. The quantitative estimate of drug-likeness (QED) is 0.711. The highest BCUT2D eigenvalue weighted by Crippen LogP contribution is 2.27. The lowest BCUT2D eigenvalue weighted by atomic mass is 10.2. The SMILES string of the molecule is CCc1nc(CSc2ccccc2)sc1CNCC(C)C. The molecule has 1 aromatic heterocycles. The molecule has 0 saturated carbocycles. The first kappa shape index (κ1) is 16.5. The summed E-state index contributed by atoms with van der Waals surface area (Å²) >= 11 is 3.72. The second-order valence-corrected chi connectivity index (χ2v) is 7.67. The van der Waals surface area contributed by atoms with Gasteiger partial charge in [0.2, 0.25) is 0 Å². The zero-order valence-electron chi connectivity index (χ0n) is 13.1. The van der Waals surface area contributed by atoms with E-state index >= 15 is 0 Å².